The molecule has 0 atom stereocenters. The second kappa shape index (κ2) is 8.80. The average molecular weight is 427 g/mol. The Bertz CT molecular complexity index is 1200. The molecule has 8 heteroatoms. The van der Waals surface area contributed by atoms with E-state index in [4.69, 9.17) is 16.3 Å². The van der Waals surface area contributed by atoms with E-state index in [2.05, 4.69) is 0 Å². The van der Waals surface area contributed by atoms with Crippen LogP contribution in [0, 0.1) is 24.1 Å². The van der Waals surface area contributed by atoms with E-state index in [1.165, 1.54) is 31.2 Å². The fraction of sp³-hybridized carbons (Fsp3) is 0.136. The minimum absolute atomic E-state index is 0.0695. The molecule has 0 unspecified atom stereocenters. The third kappa shape index (κ3) is 4.34. The summed E-state index contributed by atoms with van der Waals surface area (Å²) in [6.45, 7) is 0.852. The van der Waals surface area contributed by atoms with E-state index in [-0.39, 0.29) is 23.2 Å². The number of hydrogen-bond donors (Lipinski definition) is 1. The van der Waals surface area contributed by atoms with E-state index in [0.717, 1.165) is 4.57 Å². The Morgan fingerprint density at radius 3 is 2.43 bits per heavy atom. The molecule has 0 bridgehead atoms. The van der Waals surface area contributed by atoms with E-state index in [1.54, 1.807) is 30.3 Å². The molecule has 3 aromatic rings. The number of carbonyl (C=O) groups is 1. The predicted molar refractivity (Wildman–Crippen MR) is 109 cm³/mol. The van der Waals surface area contributed by atoms with Gasteiger partial charge in [0.25, 0.3) is 5.56 Å². The maximum absolute atomic E-state index is 13.1. The minimum Gasteiger partial charge on any atom is -0.494 e. The average Bonchev–Trinajstić information content (AvgIpc) is 2.72. The summed E-state index contributed by atoms with van der Waals surface area (Å²) < 4.78 is 19.5. The quantitative estimate of drug-likeness (QED) is 0.604. The molecule has 0 radical (unpaired) electrons. The van der Waals surface area contributed by atoms with Gasteiger partial charge in [0, 0.05) is 5.02 Å². The number of carbonyl (C=O) groups excluding carboxylic acids is 1. The normalized spacial score (nSPS) is 10.5. The smallest absolute Gasteiger partial charge is 0.271 e. The number of pyridine rings is 1. The predicted octanol–water partition coefficient (Wildman–Crippen LogP) is 3.84. The molecular formula is C22H16ClFN2O4. The molecule has 1 heterocycles. The van der Waals surface area contributed by atoms with Crippen LogP contribution in [0.1, 0.15) is 27.0 Å². The van der Waals surface area contributed by atoms with Crippen molar-refractivity contribution in [1.82, 2.24) is 4.57 Å². The maximum Gasteiger partial charge on any atom is 0.271 e. The Labute approximate surface area is 176 Å². The molecule has 1 aromatic heterocycles. The second-order valence-electron chi connectivity index (χ2n) is 6.49. The van der Waals surface area contributed by atoms with E-state index in [1.807, 2.05) is 0 Å². The molecule has 0 saturated carbocycles. The number of ketones is 1. The summed E-state index contributed by atoms with van der Waals surface area (Å²) in [6.07, 6.45) is 0. The van der Waals surface area contributed by atoms with Crippen molar-refractivity contribution in [1.29, 1.82) is 5.26 Å². The van der Waals surface area contributed by atoms with Gasteiger partial charge in [-0.25, -0.2) is 4.39 Å². The summed E-state index contributed by atoms with van der Waals surface area (Å²) in [4.78, 5) is 25.4. The van der Waals surface area contributed by atoms with Crippen LogP contribution in [0.2, 0.25) is 5.02 Å². The lowest BCUT2D eigenvalue weighted by Gasteiger charge is -2.16. The maximum atomic E-state index is 13.1. The molecule has 1 N–H and O–H groups in total. The highest BCUT2D eigenvalue weighted by atomic mass is 35.5. The lowest BCUT2D eigenvalue weighted by atomic mass is 10.0. The van der Waals surface area contributed by atoms with Gasteiger partial charge < -0.3 is 9.84 Å². The van der Waals surface area contributed by atoms with Crippen LogP contribution >= 0.6 is 11.6 Å². The van der Waals surface area contributed by atoms with E-state index in [0.29, 0.717) is 16.3 Å². The SMILES string of the molecule is Cc1c(C(=O)COc2ccc(Cl)cc2)c(O)n(Cc2ccc(F)cc2)c(=O)c1C#N. The molecule has 0 aliphatic rings. The van der Waals surface area contributed by atoms with Gasteiger partial charge in [-0.2, -0.15) is 5.26 Å². The first-order valence-corrected chi connectivity index (χ1v) is 9.22. The number of nitrogens with zero attached hydrogens (tertiary/aromatic N) is 2. The fourth-order valence-electron chi connectivity index (χ4n) is 2.96. The number of ether oxygens (including phenoxy) is 1. The second-order valence-corrected chi connectivity index (χ2v) is 6.93. The number of rotatable bonds is 6. The van der Waals surface area contributed by atoms with Crippen LogP contribution < -0.4 is 10.3 Å². The molecule has 2 aromatic carbocycles. The number of nitriles is 1. The van der Waals surface area contributed by atoms with Crippen molar-refractivity contribution >= 4 is 17.4 Å². The highest BCUT2D eigenvalue weighted by molar-refractivity contribution is 6.30. The molecule has 0 spiro atoms. The van der Waals surface area contributed by atoms with Crippen molar-refractivity contribution in [2.45, 2.75) is 13.5 Å². The van der Waals surface area contributed by atoms with Crippen LogP contribution in [0.4, 0.5) is 4.39 Å². The topological polar surface area (TPSA) is 92.3 Å². The van der Waals surface area contributed by atoms with Crippen molar-refractivity contribution in [3.8, 4) is 17.7 Å². The molecular weight excluding hydrogens is 411 g/mol. The Kier molecular flexibility index (Phi) is 6.19. The van der Waals surface area contributed by atoms with Crippen molar-refractivity contribution < 1.29 is 19.0 Å². The first-order valence-electron chi connectivity index (χ1n) is 8.84. The van der Waals surface area contributed by atoms with Crippen LogP contribution in [0.15, 0.2) is 53.3 Å². The van der Waals surface area contributed by atoms with E-state index >= 15 is 0 Å². The summed E-state index contributed by atoms with van der Waals surface area (Å²) in [5.41, 5.74) is -0.601. The van der Waals surface area contributed by atoms with Crippen LogP contribution in [-0.4, -0.2) is 22.1 Å². The van der Waals surface area contributed by atoms with Gasteiger partial charge in [-0.1, -0.05) is 23.7 Å². The van der Waals surface area contributed by atoms with Crippen molar-refractivity contribution in [2.75, 3.05) is 6.61 Å². The monoisotopic (exact) mass is 426 g/mol. The van der Waals surface area contributed by atoms with Gasteiger partial charge in [0.2, 0.25) is 11.7 Å². The van der Waals surface area contributed by atoms with Crippen LogP contribution in [0.5, 0.6) is 11.6 Å². The molecule has 152 valence electrons. The summed E-state index contributed by atoms with van der Waals surface area (Å²) in [5.74, 6) is -1.24. The molecule has 0 fully saturated rings. The zero-order chi connectivity index (χ0) is 21.8. The number of Topliss-reactive ketones (excluding diaryl/α,β-unsaturated/α-hetero) is 1. The Hall–Kier alpha value is -3.63. The molecule has 3 rings (SSSR count). The number of hydrogen-bond acceptors (Lipinski definition) is 5. The highest BCUT2D eigenvalue weighted by Gasteiger charge is 2.24. The zero-order valence-corrected chi connectivity index (χ0v) is 16.6. The van der Waals surface area contributed by atoms with Crippen molar-refractivity contribution in [2.24, 2.45) is 0 Å². The fourth-order valence-corrected chi connectivity index (χ4v) is 3.08. The lowest BCUT2D eigenvalue weighted by molar-refractivity contribution is 0.0916. The van der Waals surface area contributed by atoms with Gasteiger partial charge in [0.05, 0.1) is 12.1 Å². The largest absolute Gasteiger partial charge is 0.494 e. The Balaban J connectivity index is 1.97. The summed E-state index contributed by atoms with van der Waals surface area (Å²) in [7, 11) is 0. The summed E-state index contributed by atoms with van der Waals surface area (Å²) in [5, 5.41) is 20.6. The third-order valence-electron chi connectivity index (χ3n) is 4.52. The van der Waals surface area contributed by atoms with Gasteiger partial charge in [-0.3, -0.25) is 14.2 Å². The molecule has 6 nitrogen and oxygen atoms in total. The lowest BCUT2D eigenvalue weighted by Crippen LogP contribution is -2.28. The molecule has 0 saturated heterocycles. The van der Waals surface area contributed by atoms with Gasteiger partial charge in [-0.15, -0.1) is 0 Å². The summed E-state index contributed by atoms with van der Waals surface area (Å²) in [6, 6.07) is 13.5. The Morgan fingerprint density at radius 1 is 1.20 bits per heavy atom. The van der Waals surface area contributed by atoms with Crippen molar-refractivity contribution in [3.05, 3.63) is 92.0 Å². The standard InChI is InChI=1S/C22H16ClFN2O4/c1-13-18(10-25)21(28)26(11-14-2-6-16(24)7-3-14)22(29)20(13)19(27)12-30-17-8-4-15(23)5-9-17/h2-9,29H,11-12H2,1H3. The van der Waals surface area contributed by atoms with Crippen LogP contribution in [0.25, 0.3) is 0 Å². The van der Waals surface area contributed by atoms with Crippen LogP contribution in [0.3, 0.4) is 0 Å². The van der Waals surface area contributed by atoms with E-state index in [9.17, 15) is 24.3 Å². The van der Waals surface area contributed by atoms with Crippen molar-refractivity contribution in [3.63, 3.8) is 0 Å². The molecule has 30 heavy (non-hydrogen) atoms. The first-order chi connectivity index (χ1) is 14.3. The molecule has 0 amide bonds. The number of benzene rings is 2. The highest BCUT2D eigenvalue weighted by Crippen LogP contribution is 2.24. The number of aromatic nitrogens is 1. The van der Waals surface area contributed by atoms with Gasteiger partial charge >= 0.3 is 0 Å². The Morgan fingerprint density at radius 2 is 1.83 bits per heavy atom. The minimum atomic E-state index is -0.744. The van der Waals surface area contributed by atoms with E-state index < -0.39 is 29.6 Å². The number of halogens is 2. The zero-order valence-electron chi connectivity index (χ0n) is 15.9. The van der Waals surface area contributed by atoms with Gasteiger partial charge in [0.1, 0.15) is 23.2 Å². The number of aromatic hydroxyl groups is 1. The molecule has 0 aliphatic carbocycles. The first kappa shape index (κ1) is 21.1. The third-order valence-corrected chi connectivity index (χ3v) is 4.77. The summed E-state index contributed by atoms with van der Waals surface area (Å²) >= 11 is 5.81. The van der Waals surface area contributed by atoms with Gasteiger partial charge in [-0.05, 0) is 54.4 Å². The van der Waals surface area contributed by atoms with Crippen LogP contribution in [-0.2, 0) is 6.54 Å². The molecule has 0 aliphatic heterocycles. The van der Waals surface area contributed by atoms with Gasteiger partial charge in [0.15, 0.2) is 6.61 Å².